The Kier molecular flexibility index (Phi) is 4.67. The number of benzene rings is 1. The highest BCUT2D eigenvalue weighted by atomic mass is 16.6. The fourth-order valence-corrected chi connectivity index (χ4v) is 3.75. The monoisotopic (exact) mass is 302 g/mol. The van der Waals surface area contributed by atoms with Gasteiger partial charge in [0.1, 0.15) is 0 Å². The molecule has 0 radical (unpaired) electrons. The molecule has 2 saturated heterocycles. The van der Waals surface area contributed by atoms with E-state index in [9.17, 15) is 4.79 Å². The van der Waals surface area contributed by atoms with Crippen molar-refractivity contribution < 1.29 is 9.53 Å². The van der Waals surface area contributed by atoms with Gasteiger partial charge in [-0.1, -0.05) is 30.3 Å². The molecule has 2 fully saturated rings. The lowest BCUT2D eigenvalue weighted by Gasteiger charge is -2.41. The average Bonchev–Trinajstić information content (AvgIpc) is 2.70. The van der Waals surface area contributed by atoms with E-state index in [-0.39, 0.29) is 12.1 Å². The van der Waals surface area contributed by atoms with Crippen molar-refractivity contribution in [1.82, 2.24) is 9.80 Å². The molecule has 4 heteroatoms. The van der Waals surface area contributed by atoms with Crippen LogP contribution in [0.4, 0.5) is 4.79 Å². The lowest BCUT2D eigenvalue weighted by molar-refractivity contribution is -0.00598. The van der Waals surface area contributed by atoms with E-state index in [1.54, 1.807) is 0 Å². The van der Waals surface area contributed by atoms with Crippen molar-refractivity contribution in [2.45, 2.75) is 45.3 Å². The van der Waals surface area contributed by atoms with Gasteiger partial charge in [-0.2, -0.15) is 0 Å². The quantitative estimate of drug-likeness (QED) is 0.860. The fourth-order valence-electron chi connectivity index (χ4n) is 3.75. The van der Waals surface area contributed by atoms with Crippen molar-refractivity contribution in [3.05, 3.63) is 35.9 Å². The molecule has 0 saturated carbocycles. The van der Waals surface area contributed by atoms with E-state index in [1.165, 1.54) is 5.56 Å². The zero-order valence-electron chi connectivity index (χ0n) is 13.6. The number of carbonyl (C=O) groups is 1. The van der Waals surface area contributed by atoms with Crippen LogP contribution in [0.15, 0.2) is 30.3 Å². The summed E-state index contributed by atoms with van der Waals surface area (Å²) in [6.45, 7) is 7.88. The second-order valence-electron chi connectivity index (χ2n) is 6.74. The first-order chi connectivity index (χ1) is 10.6. The molecule has 2 aliphatic heterocycles. The van der Waals surface area contributed by atoms with Gasteiger partial charge in [0.25, 0.3) is 0 Å². The van der Waals surface area contributed by atoms with Crippen LogP contribution in [0, 0.1) is 5.92 Å². The minimum absolute atomic E-state index is 0.132. The van der Waals surface area contributed by atoms with E-state index in [1.807, 2.05) is 4.90 Å². The van der Waals surface area contributed by atoms with Gasteiger partial charge >= 0.3 is 6.09 Å². The van der Waals surface area contributed by atoms with Crippen LogP contribution >= 0.6 is 0 Å². The highest BCUT2D eigenvalue weighted by molar-refractivity contribution is 5.69. The van der Waals surface area contributed by atoms with Crippen LogP contribution in [0.1, 0.15) is 32.3 Å². The Morgan fingerprint density at radius 3 is 2.64 bits per heavy atom. The number of cyclic esters (lactones) is 1. The molecular formula is C18H26N2O2. The molecule has 0 aliphatic carbocycles. The SMILES string of the molecule is CC(C)N1C(=O)OC[C@H]2CCN(Cc3ccccc3)CC[C@@H]21. The molecule has 0 N–H and O–H groups in total. The molecule has 4 nitrogen and oxygen atoms in total. The van der Waals surface area contributed by atoms with Gasteiger partial charge in [0.05, 0.1) is 6.61 Å². The van der Waals surface area contributed by atoms with E-state index >= 15 is 0 Å². The Morgan fingerprint density at radius 1 is 1.18 bits per heavy atom. The molecular weight excluding hydrogens is 276 g/mol. The van der Waals surface area contributed by atoms with E-state index in [4.69, 9.17) is 4.74 Å². The molecule has 1 aromatic carbocycles. The van der Waals surface area contributed by atoms with E-state index in [0.29, 0.717) is 18.6 Å². The van der Waals surface area contributed by atoms with E-state index < -0.39 is 0 Å². The van der Waals surface area contributed by atoms with Gasteiger partial charge in [0.2, 0.25) is 0 Å². The summed E-state index contributed by atoms with van der Waals surface area (Å²) in [5.41, 5.74) is 1.36. The van der Waals surface area contributed by atoms with Crippen molar-refractivity contribution in [2.24, 2.45) is 5.92 Å². The number of amides is 1. The number of fused-ring (bicyclic) bond motifs is 1. The Labute approximate surface area is 133 Å². The van der Waals surface area contributed by atoms with Crippen molar-refractivity contribution in [2.75, 3.05) is 19.7 Å². The van der Waals surface area contributed by atoms with Gasteiger partial charge in [-0.05, 0) is 38.8 Å². The number of carbonyl (C=O) groups excluding carboxylic acids is 1. The molecule has 1 amide bonds. The van der Waals surface area contributed by atoms with Crippen LogP contribution in [-0.4, -0.2) is 47.7 Å². The number of hydrogen-bond acceptors (Lipinski definition) is 3. The zero-order valence-corrected chi connectivity index (χ0v) is 13.6. The lowest BCUT2D eigenvalue weighted by Crippen LogP contribution is -2.54. The first-order valence-electron chi connectivity index (χ1n) is 8.36. The molecule has 2 aliphatic rings. The second-order valence-corrected chi connectivity index (χ2v) is 6.74. The summed E-state index contributed by atoms with van der Waals surface area (Å²) in [5.74, 6) is 0.473. The zero-order chi connectivity index (χ0) is 15.5. The predicted octanol–water partition coefficient (Wildman–Crippen LogP) is 3.13. The first-order valence-corrected chi connectivity index (χ1v) is 8.36. The standard InChI is InChI=1S/C18H26N2O2/c1-14(2)20-17-9-11-19(12-15-6-4-3-5-7-15)10-8-16(17)13-22-18(20)21/h3-7,14,16-17H,8-13H2,1-2H3/t16-,17+/m1/s1. The molecule has 22 heavy (non-hydrogen) atoms. The van der Waals surface area contributed by atoms with Gasteiger partial charge in [-0.25, -0.2) is 4.79 Å². The molecule has 0 bridgehead atoms. The maximum Gasteiger partial charge on any atom is 0.410 e. The molecule has 0 unspecified atom stereocenters. The van der Waals surface area contributed by atoms with Crippen LogP contribution in [0.25, 0.3) is 0 Å². The largest absolute Gasteiger partial charge is 0.449 e. The third-order valence-corrected chi connectivity index (χ3v) is 4.90. The number of likely N-dealkylation sites (tertiary alicyclic amines) is 1. The van der Waals surface area contributed by atoms with Gasteiger partial charge in [-0.15, -0.1) is 0 Å². The Hall–Kier alpha value is -1.55. The van der Waals surface area contributed by atoms with Crippen LogP contribution < -0.4 is 0 Å². The predicted molar refractivity (Wildman–Crippen MR) is 86.6 cm³/mol. The third-order valence-electron chi connectivity index (χ3n) is 4.90. The number of hydrogen-bond donors (Lipinski definition) is 0. The van der Waals surface area contributed by atoms with Crippen LogP contribution in [0.5, 0.6) is 0 Å². The second kappa shape index (κ2) is 6.69. The molecule has 0 aromatic heterocycles. The van der Waals surface area contributed by atoms with Gasteiger partial charge in [0.15, 0.2) is 0 Å². The number of nitrogens with zero attached hydrogens (tertiary/aromatic N) is 2. The summed E-state index contributed by atoms with van der Waals surface area (Å²) < 4.78 is 5.40. The Bertz CT molecular complexity index is 503. The lowest BCUT2D eigenvalue weighted by atomic mass is 9.92. The summed E-state index contributed by atoms with van der Waals surface area (Å²) in [5, 5.41) is 0. The summed E-state index contributed by atoms with van der Waals surface area (Å²) in [6.07, 6.45) is 2.02. The van der Waals surface area contributed by atoms with Crippen LogP contribution in [0.2, 0.25) is 0 Å². The fraction of sp³-hybridized carbons (Fsp3) is 0.611. The minimum atomic E-state index is -0.132. The summed E-state index contributed by atoms with van der Waals surface area (Å²) in [6, 6.07) is 11.2. The van der Waals surface area contributed by atoms with Gasteiger partial charge < -0.3 is 9.64 Å². The van der Waals surface area contributed by atoms with Gasteiger partial charge in [-0.3, -0.25) is 4.90 Å². The van der Waals surface area contributed by atoms with Crippen molar-refractivity contribution in [1.29, 1.82) is 0 Å². The highest BCUT2D eigenvalue weighted by Crippen LogP contribution is 2.30. The third kappa shape index (κ3) is 3.27. The molecule has 3 rings (SSSR count). The topological polar surface area (TPSA) is 32.8 Å². The average molecular weight is 302 g/mol. The minimum Gasteiger partial charge on any atom is -0.449 e. The molecule has 120 valence electrons. The van der Waals surface area contributed by atoms with Crippen LogP contribution in [0.3, 0.4) is 0 Å². The summed E-state index contributed by atoms with van der Waals surface area (Å²) in [7, 11) is 0. The molecule has 2 atom stereocenters. The molecule has 0 spiro atoms. The van der Waals surface area contributed by atoms with E-state index in [0.717, 1.165) is 32.5 Å². The Morgan fingerprint density at radius 2 is 1.91 bits per heavy atom. The maximum absolute atomic E-state index is 12.1. The van der Waals surface area contributed by atoms with Crippen molar-refractivity contribution >= 4 is 6.09 Å². The first kappa shape index (κ1) is 15.3. The van der Waals surface area contributed by atoms with Gasteiger partial charge in [0, 0.05) is 31.1 Å². The Balaban J connectivity index is 1.67. The summed E-state index contributed by atoms with van der Waals surface area (Å²) >= 11 is 0. The smallest absolute Gasteiger partial charge is 0.410 e. The van der Waals surface area contributed by atoms with E-state index in [2.05, 4.69) is 49.1 Å². The molecule has 1 aromatic rings. The van der Waals surface area contributed by atoms with Crippen molar-refractivity contribution in [3.63, 3.8) is 0 Å². The normalized spacial score (nSPS) is 26.5. The highest BCUT2D eigenvalue weighted by Gasteiger charge is 2.39. The number of ether oxygens (including phenoxy) is 1. The maximum atomic E-state index is 12.1. The number of rotatable bonds is 3. The van der Waals surface area contributed by atoms with Crippen LogP contribution in [-0.2, 0) is 11.3 Å². The van der Waals surface area contributed by atoms with Crippen molar-refractivity contribution in [3.8, 4) is 0 Å². The molecule has 2 heterocycles. The summed E-state index contributed by atoms with van der Waals surface area (Å²) in [4.78, 5) is 16.5.